The average Bonchev–Trinajstić information content (AvgIpc) is 3.69. The molecule has 2 amide bonds. The summed E-state index contributed by atoms with van der Waals surface area (Å²) in [6.07, 6.45) is 2.84. The predicted molar refractivity (Wildman–Crippen MR) is 188 cm³/mol. The molecule has 1 aromatic heterocycles. The lowest BCUT2D eigenvalue weighted by Gasteiger charge is -2.16. The number of pyridine rings is 1. The molecule has 2 fully saturated rings. The molecule has 3 aromatic carbocycles. The van der Waals surface area contributed by atoms with Crippen LogP contribution in [-0.2, 0) is 22.7 Å². The molecule has 0 aliphatic carbocycles. The van der Waals surface area contributed by atoms with Crippen molar-refractivity contribution < 1.29 is 14.3 Å². The first kappa shape index (κ1) is 33.2. The maximum Gasteiger partial charge on any atom is 0.220 e. The van der Waals surface area contributed by atoms with Crippen molar-refractivity contribution in [3.63, 3.8) is 0 Å². The van der Waals surface area contributed by atoms with Gasteiger partial charge in [0.1, 0.15) is 0 Å². The molecule has 4 N–H and O–H groups in total. The Bertz CT molecular complexity index is 1800. The van der Waals surface area contributed by atoms with Crippen LogP contribution in [-0.4, -0.2) is 49.1 Å². The number of halogens is 3. The van der Waals surface area contributed by atoms with Gasteiger partial charge in [0, 0.05) is 83.9 Å². The molecule has 2 aliphatic heterocycles. The lowest BCUT2D eigenvalue weighted by atomic mass is 9.96. The van der Waals surface area contributed by atoms with Gasteiger partial charge in [0.2, 0.25) is 17.7 Å². The zero-order chi connectivity index (χ0) is 32.9. The molecular formula is C36H36Cl3N5O3. The second kappa shape index (κ2) is 15.0. The Balaban J connectivity index is 1.19. The van der Waals surface area contributed by atoms with Gasteiger partial charge in [-0.15, -0.1) is 0 Å². The predicted octanol–water partition coefficient (Wildman–Crippen LogP) is 6.79. The first-order chi connectivity index (χ1) is 22.8. The molecule has 4 aromatic rings. The monoisotopic (exact) mass is 691 g/mol. The number of hydrogen-bond donors (Lipinski definition) is 4. The number of carbonyl (C=O) groups excluding carboxylic acids is 2. The number of carbonyl (C=O) groups is 2. The second-order valence-electron chi connectivity index (χ2n) is 11.9. The number of hydrogen-bond acceptors (Lipinski definition) is 6. The van der Waals surface area contributed by atoms with Gasteiger partial charge in [0.15, 0.2) is 0 Å². The number of ether oxygens (including phenoxy) is 1. The van der Waals surface area contributed by atoms with Crippen molar-refractivity contribution in [3.8, 4) is 39.4 Å². The van der Waals surface area contributed by atoms with Gasteiger partial charge in [0.05, 0.1) is 22.8 Å². The molecule has 2 atom stereocenters. The van der Waals surface area contributed by atoms with Crippen molar-refractivity contribution in [1.29, 1.82) is 0 Å². The van der Waals surface area contributed by atoms with Crippen molar-refractivity contribution in [2.45, 2.75) is 50.9 Å². The smallest absolute Gasteiger partial charge is 0.220 e. The maximum absolute atomic E-state index is 11.5. The minimum absolute atomic E-state index is 0.101. The van der Waals surface area contributed by atoms with E-state index in [4.69, 9.17) is 44.5 Å². The highest BCUT2D eigenvalue weighted by atomic mass is 35.5. The molecular weight excluding hydrogens is 657 g/mol. The maximum atomic E-state index is 11.5. The third-order valence-corrected chi connectivity index (χ3v) is 9.81. The van der Waals surface area contributed by atoms with Crippen molar-refractivity contribution in [2.24, 2.45) is 0 Å². The topological polar surface area (TPSA) is 104 Å². The molecule has 2 saturated heterocycles. The first-order valence-corrected chi connectivity index (χ1v) is 16.8. The number of aromatic nitrogens is 1. The van der Waals surface area contributed by atoms with Crippen molar-refractivity contribution >= 4 is 46.6 Å². The molecule has 0 spiro atoms. The minimum Gasteiger partial charge on any atom is -0.481 e. The molecule has 8 nitrogen and oxygen atoms in total. The molecule has 47 heavy (non-hydrogen) atoms. The largest absolute Gasteiger partial charge is 0.481 e. The van der Waals surface area contributed by atoms with Crippen LogP contribution in [0.5, 0.6) is 5.88 Å². The molecule has 0 radical (unpaired) electrons. The Kier molecular flexibility index (Phi) is 10.6. The van der Waals surface area contributed by atoms with Gasteiger partial charge < -0.3 is 26.0 Å². The number of amides is 2. The Morgan fingerprint density at radius 3 is 1.87 bits per heavy atom. The highest BCUT2D eigenvalue weighted by molar-refractivity contribution is 6.39. The summed E-state index contributed by atoms with van der Waals surface area (Å²) in [5, 5.41) is 14.5. The van der Waals surface area contributed by atoms with E-state index in [-0.39, 0.29) is 23.9 Å². The standard InChI is InChI=1S/C36H36Cl3N5O3/c1-47-36-23(18-41-20-25-12-15-33(46)43-25)10-13-31(44-36)29-7-3-6-28(35(29)39)27-5-2-4-26(34(27)38)21-8-9-22(30(37)16-21)17-40-19-24-11-14-32(45)42-24/h2-10,13,16,24-25,40-41H,11-12,14-15,17-20H2,1H3,(H,42,45)(H,43,46)/t24-,25-/m0/s1. The molecule has 0 unspecified atom stereocenters. The summed E-state index contributed by atoms with van der Waals surface area (Å²) in [5.74, 6) is 0.714. The Morgan fingerprint density at radius 1 is 0.745 bits per heavy atom. The summed E-state index contributed by atoms with van der Waals surface area (Å²) < 4.78 is 5.64. The van der Waals surface area contributed by atoms with Crippen LogP contribution in [0.3, 0.4) is 0 Å². The molecule has 244 valence electrons. The molecule has 3 heterocycles. The van der Waals surface area contributed by atoms with Gasteiger partial charge in [0.25, 0.3) is 0 Å². The fraction of sp³-hybridized carbons (Fsp3) is 0.306. The van der Waals surface area contributed by atoms with Crippen LogP contribution in [0.4, 0.5) is 0 Å². The Hall–Kier alpha value is -3.66. The van der Waals surface area contributed by atoms with Gasteiger partial charge in [-0.05, 0) is 36.1 Å². The Labute approximate surface area is 289 Å². The van der Waals surface area contributed by atoms with E-state index < -0.39 is 0 Å². The highest BCUT2D eigenvalue weighted by Gasteiger charge is 2.22. The van der Waals surface area contributed by atoms with Crippen LogP contribution in [0, 0.1) is 0 Å². The highest BCUT2D eigenvalue weighted by Crippen LogP contribution is 2.42. The Morgan fingerprint density at radius 2 is 1.30 bits per heavy atom. The van der Waals surface area contributed by atoms with E-state index >= 15 is 0 Å². The SMILES string of the molecule is COc1nc(-c2cccc(-c3cccc(-c4ccc(CNC[C@@H]5CCC(=O)N5)c(Cl)c4)c3Cl)c2Cl)ccc1CNC[C@@H]1CCC(=O)N1. The molecule has 0 saturated carbocycles. The third-order valence-electron chi connectivity index (χ3n) is 8.64. The summed E-state index contributed by atoms with van der Waals surface area (Å²) >= 11 is 20.8. The van der Waals surface area contributed by atoms with Crippen LogP contribution in [0.1, 0.15) is 36.8 Å². The number of rotatable bonds is 12. The number of benzene rings is 3. The fourth-order valence-corrected chi connectivity index (χ4v) is 7.02. The van der Waals surface area contributed by atoms with E-state index in [1.165, 1.54) is 0 Å². The molecule has 11 heteroatoms. The quantitative estimate of drug-likeness (QED) is 0.130. The van der Waals surface area contributed by atoms with Crippen molar-refractivity contribution in [2.75, 3.05) is 20.2 Å². The van der Waals surface area contributed by atoms with Crippen molar-refractivity contribution in [1.82, 2.24) is 26.3 Å². The van der Waals surface area contributed by atoms with E-state index in [2.05, 4.69) is 21.3 Å². The number of nitrogens with one attached hydrogen (secondary N) is 4. The van der Waals surface area contributed by atoms with Gasteiger partial charge in [-0.1, -0.05) is 89.4 Å². The third kappa shape index (κ3) is 7.74. The van der Waals surface area contributed by atoms with E-state index in [1.807, 2.05) is 66.7 Å². The van der Waals surface area contributed by atoms with Gasteiger partial charge in [-0.3, -0.25) is 9.59 Å². The van der Waals surface area contributed by atoms with E-state index in [0.29, 0.717) is 65.7 Å². The summed E-state index contributed by atoms with van der Waals surface area (Å²) in [5.41, 5.74) is 6.63. The van der Waals surface area contributed by atoms with E-state index in [0.717, 1.165) is 51.8 Å². The summed E-state index contributed by atoms with van der Waals surface area (Å²) in [6, 6.07) is 21.8. The van der Waals surface area contributed by atoms with Crippen LogP contribution in [0.15, 0.2) is 66.7 Å². The molecule has 2 aliphatic rings. The van der Waals surface area contributed by atoms with Crippen LogP contribution in [0.2, 0.25) is 15.1 Å². The summed E-state index contributed by atoms with van der Waals surface area (Å²) in [4.78, 5) is 27.7. The normalized spacial score (nSPS) is 17.5. The number of methoxy groups -OCH3 is 1. The molecule has 6 rings (SSSR count). The zero-order valence-electron chi connectivity index (χ0n) is 26.0. The summed E-state index contributed by atoms with van der Waals surface area (Å²) in [7, 11) is 1.60. The summed E-state index contributed by atoms with van der Waals surface area (Å²) in [6.45, 7) is 2.53. The lowest BCUT2D eigenvalue weighted by Crippen LogP contribution is -2.35. The minimum atomic E-state index is 0.101. The first-order valence-electron chi connectivity index (χ1n) is 15.7. The number of nitrogens with zero attached hydrogens (tertiary/aromatic N) is 1. The van der Waals surface area contributed by atoms with Gasteiger partial charge in [-0.2, -0.15) is 0 Å². The average molecular weight is 693 g/mol. The zero-order valence-corrected chi connectivity index (χ0v) is 28.2. The van der Waals surface area contributed by atoms with E-state index in [9.17, 15) is 9.59 Å². The van der Waals surface area contributed by atoms with Crippen LogP contribution in [0.25, 0.3) is 33.5 Å². The van der Waals surface area contributed by atoms with E-state index in [1.54, 1.807) is 7.11 Å². The fourth-order valence-electron chi connectivity index (χ4n) is 6.11. The van der Waals surface area contributed by atoms with Crippen molar-refractivity contribution in [3.05, 3.63) is 92.9 Å². The van der Waals surface area contributed by atoms with Crippen LogP contribution < -0.4 is 26.0 Å². The van der Waals surface area contributed by atoms with Gasteiger partial charge >= 0.3 is 0 Å². The second-order valence-corrected chi connectivity index (χ2v) is 13.0. The lowest BCUT2D eigenvalue weighted by molar-refractivity contribution is -0.120. The van der Waals surface area contributed by atoms with Gasteiger partial charge in [-0.25, -0.2) is 4.98 Å². The van der Waals surface area contributed by atoms with Crippen LogP contribution >= 0.6 is 34.8 Å². The molecule has 0 bridgehead atoms.